The first-order chi connectivity index (χ1) is 16.3. The van der Waals surface area contributed by atoms with E-state index in [0.29, 0.717) is 6.61 Å². The fraction of sp³-hybridized carbons (Fsp3) is 0.346. The molecule has 0 atom stereocenters. The van der Waals surface area contributed by atoms with E-state index in [4.69, 9.17) is 4.74 Å². The zero-order chi connectivity index (χ0) is 23.0. The molecule has 1 saturated heterocycles. The second kappa shape index (κ2) is 11.0. The molecule has 0 bridgehead atoms. The van der Waals surface area contributed by atoms with Crippen LogP contribution in [-0.4, -0.2) is 75.8 Å². The highest BCUT2D eigenvalue weighted by Gasteiger charge is 2.13. The van der Waals surface area contributed by atoms with E-state index in [1.807, 2.05) is 61.2 Å². The number of hydrogen-bond donors (Lipinski definition) is 0. The lowest BCUT2D eigenvalue weighted by Crippen LogP contribution is -2.45. The van der Waals surface area contributed by atoms with E-state index in [2.05, 4.69) is 44.0 Å². The van der Waals surface area contributed by atoms with Gasteiger partial charge in [-0.05, 0) is 42.4 Å². The van der Waals surface area contributed by atoms with Gasteiger partial charge < -0.3 is 9.64 Å². The van der Waals surface area contributed by atoms with E-state index in [-0.39, 0.29) is 0 Å². The molecular formula is C26H32N6O. The Morgan fingerprint density at radius 2 is 1.58 bits per heavy atom. The molecule has 0 amide bonds. The van der Waals surface area contributed by atoms with Gasteiger partial charge in [0.1, 0.15) is 12.4 Å². The van der Waals surface area contributed by atoms with Crippen LogP contribution in [0.15, 0.2) is 67.4 Å². The van der Waals surface area contributed by atoms with Crippen molar-refractivity contribution in [1.29, 1.82) is 0 Å². The van der Waals surface area contributed by atoms with Gasteiger partial charge in [-0.2, -0.15) is 5.10 Å². The summed E-state index contributed by atoms with van der Waals surface area (Å²) in [6, 6.07) is 12.1. The molecular weight excluding hydrogens is 412 g/mol. The third-order valence-corrected chi connectivity index (χ3v) is 5.81. The number of rotatable bonds is 6. The van der Waals surface area contributed by atoms with Crippen LogP contribution in [0.5, 0.6) is 5.75 Å². The van der Waals surface area contributed by atoms with Gasteiger partial charge in [0, 0.05) is 68.6 Å². The molecule has 0 spiro atoms. The van der Waals surface area contributed by atoms with Crippen LogP contribution in [0.3, 0.4) is 0 Å². The summed E-state index contributed by atoms with van der Waals surface area (Å²) < 4.78 is 7.78. The van der Waals surface area contributed by atoms with Crippen LogP contribution in [-0.2, 0) is 0 Å². The van der Waals surface area contributed by atoms with Gasteiger partial charge in [-0.3, -0.25) is 9.88 Å². The van der Waals surface area contributed by atoms with Crippen LogP contribution in [0.1, 0.15) is 13.8 Å². The Hall–Kier alpha value is -3.29. The Labute approximate surface area is 195 Å². The van der Waals surface area contributed by atoms with E-state index >= 15 is 0 Å². The molecule has 1 aliphatic heterocycles. The molecule has 1 aromatic carbocycles. The largest absolute Gasteiger partial charge is 0.492 e. The zero-order valence-electron chi connectivity index (χ0n) is 19.7. The predicted octanol–water partition coefficient (Wildman–Crippen LogP) is 4.11. The minimum Gasteiger partial charge on any atom is -0.492 e. The van der Waals surface area contributed by atoms with Gasteiger partial charge in [-0.15, -0.1) is 0 Å². The number of ether oxygens (including phenoxy) is 1. The number of nitrogens with zero attached hydrogens (tertiary/aromatic N) is 6. The highest BCUT2D eigenvalue weighted by molar-refractivity contribution is 5.77. The topological polar surface area (TPSA) is 58.8 Å². The average molecular weight is 445 g/mol. The van der Waals surface area contributed by atoms with Crippen molar-refractivity contribution in [2.24, 2.45) is 0 Å². The third-order valence-electron chi connectivity index (χ3n) is 5.81. The summed E-state index contributed by atoms with van der Waals surface area (Å²) in [4.78, 5) is 13.6. The lowest BCUT2D eigenvalue weighted by atomic mass is 10.1. The SMILES string of the molecule is CC.CN1CCN(CCOc2ccc(-c3cnc4c(-c5ccncc5)cnn4c3)cc2)CC1. The highest BCUT2D eigenvalue weighted by atomic mass is 16.5. The van der Waals surface area contributed by atoms with E-state index < -0.39 is 0 Å². The fourth-order valence-corrected chi connectivity index (χ4v) is 3.87. The minimum absolute atomic E-state index is 0.710. The van der Waals surface area contributed by atoms with Gasteiger partial charge in [0.25, 0.3) is 0 Å². The number of pyridine rings is 1. The van der Waals surface area contributed by atoms with Gasteiger partial charge in [0.15, 0.2) is 5.65 Å². The fourth-order valence-electron chi connectivity index (χ4n) is 3.87. The summed E-state index contributed by atoms with van der Waals surface area (Å²) >= 11 is 0. The standard InChI is InChI=1S/C24H26N6O.C2H6/c1-28-10-12-29(13-11-28)14-15-31-22-4-2-19(3-5-22)21-16-26-24-23(17-27-30(24)18-21)20-6-8-25-9-7-20;1-2/h2-9,16-18H,10-15H2,1H3;1-2H3. The highest BCUT2D eigenvalue weighted by Crippen LogP contribution is 2.26. The first-order valence-electron chi connectivity index (χ1n) is 11.6. The molecule has 1 fully saturated rings. The number of hydrogen-bond acceptors (Lipinski definition) is 6. The first-order valence-corrected chi connectivity index (χ1v) is 11.6. The molecule has 0 N–H and O–H groups in total. The Balaban J connectivity index is 0.00000126. The summed E-state index contributed by atoms with van der Waals surface area (Å²) in [6.45, 7) is 10.2. The Bertz CT molecular complexity index is 1130. The van der Waals surface area contributed by atoms with E-state index in [0.717, 1.165) is 66.4 Å². The van der Waals surface area contributed by atoms with Gasteiger partial charge in [-0.1, -0.05) is 26.0 Å². The molecule has 3 aromatic heterocycles. The van der Waals surface area contributed by atoms with Crippen molar-refractivity contribution in [3.8, 4) is 28.0 Å². The smallest absolute Gasteiger partial charge is 0.162 e. The number of piperazine rings is 1. The molecule has 172 valence electrons. The summed E-state index contributed by atoms with van der Waals surface area (Å²) in [6.07, 6.45) is 9.31. The quantitative estimate of drug-likeness (QED) is 0.446. The molecule has 33 heavy (non-hydrogen) atoms. The second-order valence-corrected chi connectivity index (χ2v) is 7.92. The van der Waals surface area contributed by atoms with Gasteiger partial charge >= 0.3 is 0 Å². The van der Waals surface area contributed by atoms with Crippen molar-refractivity contribution in [3.05, 3.63) is 67.4 Å². The van der Waals surface area contributed by atoms with E-state index in [9.17, 15) is 0 Å². The van der Waals surface area contributed by atoms with Crippen molar-refractivity contribution in [1.82, 2.24) is 29.4 Å². The number of likely N-dealkylation sites (N-methyl/N-ethyl adjacent to an activating group) is 1. The molecule has 7 heteroatoms. The number of benzene rings is 1. The van der Waals surface area contributed by atoms with E-state index in [1.54, 1.807) is 12.4 Å². The summed E-state index contributed by atoms with van der Waals surface area (Å²) in [5.41, 5.74) is 4.99. The Morgan fingerprint density at radius 3 is 2.30 bits per heavy atom. The van der Waals surface area contributed by atoms with Gasteiger partial charge in [0.05, 0.1) is 6.20 Å². The number of aromatic nitrogens is 4. The summed E-state index contributed by atoms with van der Waals surface area (Å²) in [5.74, 6) is 0.894. The van der Waals surface area contributed by atoms with Crippen molar-refractivity contribution in [2.75, 3.05) is 46.4 Å². The molecule has 0 aliphatic carbocycles. The van der Waals surface area contributed by atoms with Crippen LogP contribution in [0.2, 0.25) is 0 Å². The van der Waals surface area contributed by atoms with Crippen LogP contribution < -0.4 is 4.74 Å². The summed E-state index contributed by atoms with van der Waals surface area (Å²) in [7, 11) is 2.18. The van der Waals surface area contributed by atoms with Gasteiger partial charge in [-0.25, -0.2) is 9.50 Å². The van der Waals surface area contributed by atoms with Crippen molar-refractivity contribution >= 4 is 5.65 Å². The maximum atomic E-state index is 5.96. The van der Waals surface area contributed by atoms with Crippen molar-refractivity contribution in [2.45, 2.75) is 13.8 Å². The molecule has 0 saturated carbocycles. The van der Waals surface area contributed by atoms with E-state index in [1.165, 1.54) is 0 Å². The average Bonchev–Trinajstić information content (AvgIpc) is 3.31. The first kappa shape index (κ1) is 22.9. The zero-order valence-corrected chi connectivity index (χ0v) is 19.7. The number of fused-ring (bicyclic) bond motifs is 1. The van der Waals surface area contributed by atoms with Crippen molar-refractivity contribution < 1.29 is 4.74 Å². The molecule has 0 radical (unpaired) electrons. The third kappa shape index (κ3) is 5.56. The second-order valence-electron chi connectivity index (χ2n) is 7.92. The molecule has 4 aromatic rings. The minimum atomic E-state index is 0.710. The molecule has 5 rings (SSSR count). The molecule has 4 heterocycles. The Kier molecular flexibility index (Phi) is 7.65. The maximum Gasteiger partial charge on any atom is 0.162 e. The van der Waals surface area contributed by atoms with Crippen molar-refractivity contribution in [3.63, 3.8) is 0 Å². The maximum absolute atomic E-state index is 5.96. The van der Waals surface area contributed by atoms with Gasteiger partial charge in [0.2, 0.25) is 0 Å². The lowest BCUT2D eigenvalue weighted by Gasteiger charge is -2.32. The Morgan fingerprint density at radius 1 is 0.848 bits per heavy atom. The molecule has 1 aliphatic rings. The van der Waals surface area contributed by atoms with Crippen LogP contribution in [0.25, 0.3) is 27.9 Å². The normalized spacial score (nSPS) is 14.6. The van der Waals surface area contributed by atoms with Crippen LogP contribution >= 0.6 is 0 Å². The predicted molar refractivity (Wildman–Crippen MR) is 132 cm³/mol. The van der Waals surface area contributed by atoms with Crippen LogP contribution in [0, 0.1) is 0 Å². The summed E-state index contributed by atoms with van der Waals surface area (Å²) in [5, 5.41) is 4.49. The molecule has 7 nitrogen and oxygen atoms in total. The molecule has 0 unspecified atom stereocenters. The monoisotopic (exact) mass is 444 g/mol. The van der Waals surface area contributed by atoms with Crippen LogP contribution in [0.4, 0.5) is 0 Å². The lowest BCUT2D eigenvalue weighted by molar-refractivity contribution is 0.134.